The fourth-order valence-electron chi connectivity index (χ4n) is 2.39. The molecule has 6 nitrogen and oxygen atoms in total. The summed E-state index contributed by atoms with van der Waals surface area (Å²) in [5.74, 6) is 1.39. The van der Waals surface area contributed by atoms with Crippen LogP contribution in [0.4, 0.5) is 0 Å². The van der Waals surface area contributed by atoms with Crippen LogP contribution in [-0.4, -0.2) is 57.7 Å². The fourth-order valence-corrected chi connectivity index (χ4v) is 4.70. The summed E-state index contributed by atoms with van der Waals surface area (Å²) in [6.45, 7) is 4.64. The minimum absolute atomic E-state index is 0.276. The van der Waals surface area contributed by atoms with E-state index < -0.39 is 10.0 Å². The van der Waals surface area contributed by atoms with Crippen LogP contribution in [-0.2, 0) is 10.0 Å². The number of nitrogens with one attached hydrogen (secondary N) is 2. The van der Waals surface area contributed by atoms with Crippen LogP contribution in [0.15, 0.2) is 21.8 Å². The molecular formula is C14H24N4O2S2. The average molecular weight is 345 g/mol. The van der Waals surface area contributed by atoms with Crippen LogP contribution in [0.1, 0.15) is 24.8 Å². The van der Waals surface area contributed by atoms with E-state index in [9.17, 15) is 8.42 Å². The summed E-state index contributed by atoms with van der Waals surface area (Å²) in [6.07, 6.45) is 0.730. The van der Waals surface area contributed by atoms with E-state index in [1.54, 1.807) is 22.7 Å². The first kappa shape index (κ1) is 17.2. The normalized spacial score (nSPS) is 20.0. The molecule has 0 saturated carbocycles. The molecule has 1 aromatic rings. The summed E-state index contributed by atoms with van der Waals surface area (Å²) in [7, 11) is -1.29. The Morgan fingerprint density at radius 3 is 2.91 bits per heavy atom. The van der Waals surface area contributed by atoms with Gasteiger partial charge in [0.15, 0.2) is 5.96 Å². The topological polar surface area (TPSA) is 73.8 Å². The van der Waals surface area contributed by atoms with Crippen molar-refractivity contribution in [1.82, 2.24) is 14.9 Å². The molecule has 1 saturated heterocycles. The Labute approximate surface area is 136 Å². The number of nitrogens with zero attached hydrogens (tertiary/aromatic N) is 2. The zero-order chi connectivity index (χ0) is 16.0. The lowest BCUT2D eigenvalue weighted by Crippen LogP contribution is -2.42. The molecule has 2 N–H and O–H groups in total. The summed E-state index contributed by atoms with van der Waals surface area (Å²) in [5.41, 5.74) is 1.32. The molecule has 1 aromatic heterocycles. The van der Waals surface area contributed by atoms with Crippen LogP contribution in [0.3, 0.4) is 0 Å². The molecule has 1 fully saturated rings. The smallest absolute Gasteiger partial charge is 0.214 e. The SMILES string of the molecule is CN=C(NCCN1CCCS1(=O)=O)NCC(C)c1ccsc1. The Balaban J connectivity index is 1.71. The van der Waals surface area contributed by atoms with E-state index in [0.29, 0.717) is 31.5 Å². The van der Waals surface area contributed by atoms with Crippen LogP contribution in [0.25, 0.3) is 0 Å². The first-order valence-electron chi connectivity index (χ1n) is 7.47. The van der Waals surface area contributed by atoms with Gasteiger partial charge in [0.05, 0.1) is 5.75 Å². The Hall–Kier alpha value is -1.12. The highest BCUT2D eigenvalue weighted by Gasteiger charge is 2.27. The third-order valence-electron chi connectivity index (χ3n) is 3.77. The van der Waals surface area contributed by atoms with E-state index in [1.807, 2.05) is 0 Å². The number of guanidine groups is 1. The average Bonchev–Trinajstić information content (AvgIpc) is 3.12. The van der Waals surface area contributed by atoms with Crippen molar-refractivity contribution >= 4 is 27.3 Å². The predicted molar refractivity (Wildman–Crippen MR) is 92.1 cm³/mol. The molecule has 1 unspecified atom stereocenters. The third kappa shape index (κ3) is 4.69. The molecule has 1 aliphatic heterocycles. The highest BCUT2D eigenvalue weighted by Crippen LogP contribution is 2.17. The molecule has 0 spiro atoms. The first-order chi connectivity index (χ1) is 10.5. The van der Waals surface area contributed by atoms with Gasteiger partial charge < -0.3 is 10.6 Å². The fraction of sp³-hybridized carbons (Fsp3) is 0.643. The standard InChI is InChI=1S/C14H24N4O2S2/c1-12(13-4-8-21-11-13)10-17-14(15-2)16-5-7-18-6-3-9-22(18,19)20/h4,8,11-12H,3,5-7,9-10H2,1-2H3,(H2,15,16,17). The van der Waals surface area contributed by atoms with Crippen molar-refractivity contribution in [1.29, 1.82) is 0 Å². The quantitative estimate of drug-likeness (QED) is 0.598. The maximum atomic E-state index is 11.7. The Bertz CT molecular complexity index is 584. The lowest BCUT2D eigenvalue weighted by Gasteiger charge is -2.18. The summed E-state index contributed by atoms with van der Waals surface area (Å²) in [4.78, 5) is 4.17. The highest BCUT2D eigenvalue weighted by molar-refractivity contribution is 7.89. The zero-order valence-electron chi connectivity index (χ0n) is 13.1. The van der Waals surface area contributed by atoms with Crippen LogP contribution in [0.2, 0.25) is 0 Å². The molecule has 2 rings (SSSR count). The van der Waals surface area contributed by atoms with Gasteiger partial charge in [-0.2, -0.15) is 11.3 Å². The van der Waals surface area contributed by atoms with Crippen LogP contribution in [0, 0.1) is 0 Å². The number of thiophene rings is 1. The predicted octanol–water partition coefficient (Wildman–Crippen LogP) is 1.05. The molecule has 0 aliphatic carbocycles. The van der Waals surface area contributed by atoms with Crippen molar-refractivity contribution in [3.63, 3.8) is 0 Å². The van der Waals surface area contributed by atoms with E-state index in [2.05, 4.69) is 39.4 Å². The van der Waals surface area contributed by atoms with Crippen molar-refractivity contribution < 1.29 is 8.42 Å². The maximum Gasteiger partial charge on any atom is 0.214 e. The largest absolute Gasteiger partial charge is 0.356 e. The minimum atomic E-state index is -3.01. The van der Waals surface area contributed by atoms with Crippen molar-refractivity contribution in [3.05, 3.63) is 22.4 Å². The zero-order valence-corrected chi connectivity index (χ0v) is 14.7. The van der Waals surface area contributed by atoms with E-state index >= 15 is 0 Å². The number of hydrogen-bond acceptors (Lipinski definition) is 4. The number of rotatable bonds is 6. The van der Waals surface area contributed by atoms with E-state index in [0.717, 1.165) is 13.0 Å². The summed E-state index contributed by atoms with van der Waals surface area (Å²) in [6, 6.07) is 2.13. The van der Waals surface area contributed by atoms with E-state index in [-0.39, 0.29) is 5.75 Å². The van der Waals surface area contributed by atoms with Crippen LogP contribution in [0.5, 0.6) is 0 Å². The molecule has 2 heterocycles. The van der Waals surface area contributed by atoms with Gasteiger partial charge in [-0.15, -0.1) is 0 Å². The molecule has 0 amide bonds. The lowest BCUT2D eigenvalue weighted by molar-refractivity contribution is 0.445. The number of sulfonamides is 1. The molecule has 0 aromatic carbocycles. The molecule has 1 aliphatic rings. The van der Waals surface area contributed by atoms with E-state index in [1.165, 1.54) is 5.56 Å². The monoisotopic (exact) mass is 344 g/mol. The molecule has 0 radical (unpaired) electrons. The van der Waals surface area contributed by atoms with Crippen molar-refractivity contribution in [3.8, 4) is 0 Å². The van der Waals surface area contributed by atoms with Gasteiger partial charge in [-0.1, -0.05) is 6.92 Å². The third-order valence-corrected chi connectivity index (χ3v) is 6.43. The van der Waals surface area contributed by atoms with E-state index in [4.69, 9.17) is 0 Å². The molecule has 0 bridgehead atoms. The Morgan fingerprint density at radius 2 is 2.32 bits per heavy atom. The Kier molecular flexibility index (Phi) is 6.22. The summed E-state index contributed by atoms with van der Waals surface area (Å²) < 4.78 is 25.0. The maximum absolute atomic E-state index is 11.7. The van der Waals surface area contributed by atoms with Gasteiger partial charge in [0, 0.05) is 33.2 Å². The van der Waals surface area contributed by atoms with Gasteiger partial charge in [0.2, 0.25) is 10.0 Å². The summed E-state index contributed by atoms with van der Waals surface area (Å²) >= 11 is 1.70. The molecule has 1 atom stereocenters. The van der Waals surface area contributed by atoms with Gasteiger partial charge in [-0.3, -0.25) is 4.99 Å². The van der Waals surface area contributed by atoms with Gasteiger partial charge in [-0.25, -0.2) is 12.7 Å². The minimum Gasteiger partial charge on any atom is -0.356 e. The van der Waals surface area contributed by atoms with Crippen LogP contribution >= 0.6 is 11.3 Å². The number of aliphatic imine (C=N–C) groups is 1. The molecule has 8 heteroatoms. The van der Waals surface area contributed by atoms with Gasteiger partial charge in [-0.05, 0) is 34.7 Å². The van der Waals surface area contributed by atoms with Gasteiger partial charge >= 0.3 is 0 Å². The number of hydrogen-bond donors (Lipinski definition) is 2. The van der Waals surface area contributed by atoms with Crippen molar-refractivity contribution in [2.75, 3.05) is 39.0 Å². The second kappa shape index (κ2) is 7.94. The Morgan fingerprint density at radius 1 is 1.50 bits per heavy atom. The lowest BCUT2D eigenvalue weighted by atomic mass is 10.1. The first-order valence-corrected chi connectivity index (χ1v) is 10.0. The summed E-state index contributed by atoms with van der Waals surface area (Å²) in [5, 5.41) is 10.7. The second-order valence-corrected chi connectivity index (χ2v) is 8.27. The molecule has 22 heavy (non-hydrogen) atoms. The van der Waals surface area contributed by atoms with Crippen molar-refractivity contribution in [2.24, 2.45) is 4.99 Å². The van der Waals surface area contributed by atoms with Gasteiger partial charge in [0.25, 0.3) is 0 Å². The second-order valence-electron chi connectivity index (χ2n) is 5.41. The molecule has 124 valence electrons. The van der Waals surface area contributed by atoms with Crippen LogP contribution < -0.4 is 10.6 Å². The van der Waals surface area contributed by atoms with Crippen molar-refractivity contribution in [2.45, 2.75) is 19.3 Å². The van der Waals surface area contributed by atoms with Gasteiger partial charge in [0.1, 0.15) is 0 Å². The highest BCUT2D eigenvalue weighted by atomic mass is 32.2. The molecular weight excluding hydrogens is 320 g/mol.